The Morgan fingerprint density at radius 3 is 2.67 bits per heavy atom. The van der Waals surface area contributed by atoms with Gasteiger partial charge in [0, 0.05) is 11.6 Å². The Morgan fingerprint density at radius 2 is 1.90 bits per heavy atom. The van der Waals surface area contributed by atoms with E-state index in [4.69, 9.17) is 10.5 Å². The summed E-state index contributed by atoms with van der Waals surface area (Å²) in [4.78, 5) is 0. The van der Waals surface area contributed by atoms with E-state index >= 15 is 0 Å². The molecule has 0 aromatic heterocycles. The standard InChI is InChI=1S/C18H20FNO/c1-11-8-18(16(12(2)20)10-17(11)19)21-15-7-6-13-4-3-5-14(13)9-15/h6-10,12H,3-5,20H2,1-2H3/t12-/m1/s1. The summed E-state index contributed by atoms with van der Waals surface area (Å²) >= 11 is 0. The molecule has 2 N–H and O–H groups in total. The van der Waals surface area contributed by atoms with E-state index in [1.165, 1.54) is 23.6 Å². The van der Waals surface area contributed by atoms with Crippen molar-refractivity contribution in [3.8, 4) is 11.5 Å². The Bertz CT molecular complexity index is 679. The average Bonchev–Trinajstić information content (AvgIpc) is 2.89. The van der Waals surface area contributed by atoms with Gasteiger partial charge in [0.2, 0.25) is 0 Å². The zero-order valence-corrected chi connectivity index (χ0v) is 12.4. The summed E-state index contributed by atoms with van der Waals surface area (Å²) in [7, 11) is 0. The second-order valence-electron chi connectivity index (χ2n) is 5.81. The van der Waals surface area contributed by atoms with Crippen molar-refractivity contribution >= 4 is 0 Å². The highest BCUT2D eigenvalue weighted by atomic mass is 19.1. The molecule has 0 bridgehead atoms. The summed E-state index contributed by atoms with van der Waals surface area (Å²) < 4.78 is 19.7. The molecular weight excluding hydrogens is 265 g/mol. The molecule has 3 heteroatoms. The normalized spacial score (nSPS) is 14.9. The summed E-state index contributed by atoms with van der Waals surface area (Å²) in [5, 5.41) is 0. The predicted molar refractivity (Wildman–Crippen MR) is 82.3 cm³/mol. The fraction of sp³-hybridized carbons (Fsp3) is 0.333. The first-order valence-electron chi connectivity index (χ1n) is 7.40. The van der Waals surface area contributed by atoms with E-state index in [0.29, 0.717) is 16.9 Å². The zero-order chi connectivity index (χ0) is 15.0. The van der Waals surface area contributed by atoms with Gasteiger partial charge in [-0.3, -0.25) is 0 Å². The van der Waals surface area contributed by atoms with Crippen molar-refractivity contribution in [3.63, 3.8) is 0 Å². The maximum Gasteiger partial charge on any atom is 0.132 e. The Kier molecular flexibility index (Phi) is 3.68. The van der Waals surface area contributed by atoms with Crippen LogP contribution in [0.25, 0.3) is 0 Å². The lowest BCUT2D eigenvalue weighted by Crippen LogP contribution is -2.08. The van der Waals surface area contributed by atoms with Crippen molar-refractivity contribution in [2.75, 3.05) is 0 Å². The topological polar surface area (TPSA) is 35.2 Å². The Balaban J connectivity index is 1.95. The Morgan fingerprint density at radius 1 is 1.14 bits per heavy atom. The van der Waals surface area contributed by atoms with Gasteiger partial charge in [-0.15, -0.1) is 0 Å². The van der Waals surface area contributed by atoms with Crippen LogP contribution in [0.2, 0.25) is 0 Å². The third-order valence-electron chi connectivity index (χ3n) is 4.08. The van der Waals surface area contributed by atoms with Crippen LogP contribution >= 0.6 is 0 Å². The molecule has 2 aromatic rings. The molecular formula is C18H20FNO. The van der Waals surface area contributed by atoms with Crippen LogP contribution in [0.4, 0.5) is 4.39 Å². The lowest BCUT2D eigenvalue weighted by molar-refractivity contribution is 0.467. The molecule has 0 saturated heterocycles. The Labute approximate surface area is 124 Å². The van der Waals surface area contributed by atoms with Crippen molar-refractivity contribution < 1.29 is 9.13 Å². The molecule has 1 atom stereocenters. The predicted octanol–water partition coefficient (Wildman–Crippen LogP) is 4.43. The van der Waals surface area contributed by atoms with Crippen molar-refractivity contribution in [1.82, 2.24) is 0 Å². The van der Waals surface area contributed by atoms with Gasteiger partial charge in [0.1, 0.15) is 17.3 Å². The maximum atomic E-state index is 13.7. The van der Waals surface area contributed by atoms with Gasteiger partial charge >= 0.3 is 0 Å². The highest BCUT2D eigenvalue weighted by molar-refractivity contribution is 5.45. The van der Waals surface area contributed by atoms with Gasteiger partial charge in [0.25, 0.3) is 0 Å². The highest BCUT2D eigenvalue weighted by Crippen LogP contribution is 2.33. The van der Waals surface area contributed by atoms with Crippen LogP contribution in [0.15, 0.2) is 30.3 Å². The van der Waals surface area contributed by atoms with Gasteiger partial charge in [-0.25, -0.2) is 4.39 Å². The van der Waals surface area contributed by atoms with E-state index < -0.39 is 0 Å². The number of nitrogens with two attached hydrogens (primary N) is 1. The minimum absolute atomic E-state index is 0.247. The molecule has 0 spiro atoms. The second-order valence-corrected chi connectivity index (χ2v) is 5.81. The lowest BCUT2D eigenvalue weighted by atomic mass is 10.0. The van der Waals surface area contributed by atoms with Crippen LogP contribution in [0, 0.1) is 12.7 Å². The molecule has 2 nitrogen and oxygen atoms in total. The summed E-state index contributed by atoms with van der Waals surface area (Å²) in [5.41, 5.74) is 9.95. The number of fused-ring (bicyclic) bond motifs is 1. The Hall–Kier alpha value is -1.87. The van der Waals surface area contributed by atoms with E-state index in [-0.39, 0.29) is 11.9 Å². The van der Waals surface area contributed by atoms with Crippen LogP contribution in [0.3, 0.4) is 0 Å². The minimum atomic E-state index is -0.274. The number of hydrogen-bond acceptors (Lipinski definition) is 2. The van der Waals surface area contributed by atoms with Gasteiger partial charge in [-0.1, -0.05) is 6.07 Å². The van der Waals surface area contributed by atoms with E-state index in [1.807, 2.05) is 13.0 Å². The quantitative estimate of drug-likeness (QED) is 0.905. The van der Waals surface area contributed by atoms with Gasteiger partial charge < -0.3 is 10.5 Å². The molecule has 1 aliphatic rings. The molecule has 1 aliphatic carbocycles. The summed E-state index contributed by atoms with van der Waals surface area (Å²) in [6.45, 7) is 3.56. The first-order chi connectivity index (χ1) is 10.0. The molecule has 0 aliphatic heterocycles. The van der Waals surface area contributed by atoms with Gasteiger partial charge in [-0.2, -0.15) is 0 Å². The molecule has 0 unspecified atom stereocenters. The third kappa shape index (κ3) is 2.79. The van der Waals surface area contributed by atoms with E-state index in [1.54, 1.807) is 13.0 Å². The van der Waals surface area contributed by atoms with Gasteiger partial charge in [-0.05, 0) is 74.1 Å². The molecule has 0 amide bonds. The third-order valence-corrected chi connectivity index (χ3v) is 4.08. The number of hydrogen-bond donors (Lipinski definition) is 1. The van der Waals surface area contributed by atoms with Crippen LogP contribution < -0.4 is 10.5 Å². The van der Waals surface area contributed by atoms with Gasteiger partial charge in [0.15, 0.2) is 0 Å². The summed E-state index contributed by atoms with van der Waals surface area (Å²) in [6.07, 6.45) is 3.46. The number of rotatable bonds is 3. The molecule has 3 rings (SSSR count). The molecule has 110 valence electrons. The largest absolute Gasteiger partial charge is 0.457 e. The van der Waals surface area contributed by atoms with Crippen LogP contribution in [-0.2, 0) is 12.8 Å². The molecule has 0 fully saturated rings. The number of ether oxygens (including phenoxy) is 1. The smallest absolute Gasteiger partial charge is 0.132 e. The van der Waals surface area contributed by atoms with E-state index in [2.05, 4.69) is 12.1 Å². The maximum absolute atomic E-state index is 13.7. The molecule has 21 heavy (non-hydrogen) atoms. The van der Waals surface area contributed by atoms with Crippen molar-refractivity contribution in [2.45, 2.75) is 39.2 Å². The number of halogens is 1. The monoisotopic (exact) mass is 285 g/mol. The van der Waals surface area contributed by atoms with Crippen LogP contribution in [-0.4, -0.2) is 0 Å². The van der Waals surface area contributed by atoms with Crippen molar-refractivity contribution in [3.05, 3.63) is 58.4 Å². The zero-order valence-electron chi connectivity index (χ0n) is 12.4. The van der Waals surface area contributed by atoms with Crippen LogP contribution in [0.5, 0.6) is 11.5 Å². The first kappa shape index (κ1) is 14.1. The SMILES string of the molecule is Cc1cc(Oc2ccc3c(c2)CCC3)c([C@@H](C)N)cc1F. The minimum Gasteiger partial charge on any atom is -0.457 e. The number of aryl methyl sites for hydroxylation is 3. The summed E-state index contributed by atoms with van der Waals surface area (Å²) in [6, 6.07) is 9.12. The lowest BCUT2D eigenvalue weighted by Gasteiger charge is -2.16. The van der Waals surface area contributed by atoms with Crippen LogP contribution in [0.1, 0.15) is 41.6 Å². The average molecular weight is 285 g/mol. The fourth-order valence-corrected chi connectivity index (χ4v) is 2.85. The first-order valence-corrected chi connectivity index (χ1v) is 7.40. The van der Waals surface area contributed by atoms with Crippen molar-refractivity contribution in [2.24, 2.45) is 5.73 Å². The molecule has 0 heterocycles. The molecule has 0 radical (unpaired) electrons. The number of benzene rings is 2. The summed E-state index contributed by atoms with van der Waals surface area (Å²) in [5.74, 6) is 1.19. The highest BCUT2D eigenvalue weighted by Gasteiger charge is 2.15. The van der Waals surface area contributed by atoms with E-state index in [9.17, 15) is 4.39 Å². The molecule has 2 aromatic carbocycles. The fourth-order valence-electron chi connectivity index (χ4n) is 2.85. The van der Waals surface area contributed by atoms with Gasteiger partial charge in [0.05, 0.1) is 0 Å². The van der Waals surface area contributed by atoms with Crippen molar-refractivity contribution in [1.29, 1.82) is 0 Å². The molecule has 0 saturated carbocycles. The second kappa shape index (κ2) is 5.49. The van der Waals surface area contributed by atoms with E-state index in [0.717, 1.165) is 18.6 Å².